The molecular formula is C12H18N4O3. The van der Waals surface area contributed by atoms with Crippen LogP contribution < -0.4 is 10.6 Å². The number of aromatic nitrogens is 2. The average molecular weight is 266 g/mol. The highest BCUT2D eigenvalue weighted by molar-refractivity contribution is 5.85. The minimum atomic E-state index is -1.13. The molecule has 0 radical (unpaired) electrons. The highest BCUT2D eigenvalue weighted by Crippen LogP contribution is 2.02. The highest BCUT2D eigenvalue weighted by atomic mass is 16.4. The first kappa shape index (κ1) is 14.9. The molecule has 0 aromatic carbocycles. The van der Waals surface area contributed by atoms with E-state index in [0.717, 1.165) is 0 Å². The SMILES string of the molecule is CC(C)CNC(=O)CCNc1cncc(C(=O)O)n1. The number of carbonyl (C=O) groups is 2. The molecule has 0 bridgehead atoms. The fraction of sp³-hybridized carbons (Fsp3) is 0.500. The molecule has 0 aliphatic heterocycles. The molecule has 0 spiro atoms. The lowest BCUT2D eigenvalue weighted by Crippen LogP contribution is -2.28. The van der Waals surface area contributed by atoms with Crippen molar-refractivity contribution in [2.75, 3.05) is 18.4 Å². The van der Waals surface area contributed by atoms with E-state index in [9.17, 15) is 9.59 Å². The van der Waals surface area contributed by atoms with Gasteiger partial charge in [-0.15, -0.1) is 0 Å². The third kappa shape index (κ3) is 5.80. The van der Waals surface area contributed by atoms with E-state index in [1.807, 2.05) is 13.8 Å². The summed E-state index contributed by atoms with van der Waals surface area (Å²) in [6.45, 7) is 5.06. The molecule has 1 rings (SSSR count). The number of carboxylic acid groups (broad SMARTS) is 1. The van der Waals surface area contributed by atoms with Crippen LogP contribution in [0.15, 0.2) is 12.4 Å². The van der Waals surface area contributed by atoms with Crippen LogP contribution in [0.4, 0.5) is 5.82 Å². The maximum Gasteiger partial charge on any atom is 0.356 e. The Morgan fingerprint density at radius 3 is 2.74 bits per heavy atom. The molecule has 104 valence electrons. The number of aromatic carboxylic acids is 1. The van der Waals surface area contributed by atoms with E-state index in [1.165, 1.54) is 12.4 Å². The van der Waals surface area contributed by atoms with E-state index in [-0.39, 0.29) is 11.6 Å². The normalized spacial score (nSPS) is 10.3. The van der Waals surface area contributed by atoms with Crippen LogP contribution in [0.2, 0.25) is 0 Å². The second-order valence-electron chi connectivity index (χ2n) is 4.47. The predicted octanol–water partition coefficient (Wildman–Crippen LogP) is 0.749. The standard InChI is InChI=1S/C12H18N4O3/c1-8(2)5-15-11(17)3-4-14-10-7-13-6-9(16-10)12(18)19/h6-8H,3-5H2,1-2H3,(H,14,16)(H,15,17)(H,18,19). The largest absolute Gasteiger partial charge is 0.476 e. The first-order valence-corrected chi connectivity index (χ1v) is 6.05. The van der Waals surface area contributed by atoms with Gasteiger partial charge in [0.2, 0.25) is 5.91 Å². The Labute approximate surface area is 111 Å². The summed E-state index contributed by atoms with van der Waals surface area (Å²) in [5.74, 6) is -0.430. The first-order chi connectivity index (χ1) is 8.99. The summed E-state index contributed by atoms with van der Waals surface area (Å²) < 4.78 is 0. The summed E-state index contributed by atoms with van der Waals surface area (Å²) in [7, 11) is 0. The van der Waals surface area contributed by atoms with Gasteiger partial charge in [0.05, 0.1) is 12.4 Å². The number of hydrogen-bond donors (Lipinski definition) is 3. The fourth-order valence-electron chi connectivity index (χ4n) is 1.26. The molecule has 7 heteroatoms. The quantitative estimate of drug-likeness (QED) is 0.672. The summed E-state index contributed by atoms with van der Waals surface area (Å²) in [4.78, 5) is 29.7. The van der Waals surface area contributed by atoms with Crippen molar-refractivity contribution in [1.29, 1.82) is 0 Å². The third-order valence-electron chi connectivity index (χ3n) is 2.22. The smallest absolute Gasteiger partial charge is 0.356 e. The van der Waals surface area contributed by atoms with Crippen molar-refractivity contribution in [1.82, 2.24) is 15.3 Å². The van der Waals surface area contributed by atoms with Gasteiger partial charge in [0.25, 0.3) is 0 Å². The monoisotopic (exact) mass is 266 g/mol. The Morgan fingerprint density at radius 1 is 1.37 bits per heavy atom. The van der Waals surface area contributed by atoms with Crippen LogP contribution >= 0.6 is 0 Å². The zero-order valence-corrected chi connectivity index (χ0v) is 11.0. The number of carbonyl (C=O) groups excluding carboxylic acids is 1. The molecule has 0 fully saturated rings. The maximum absolute atomic E-state index is 11.4. The van der Waals surface area contributed by atoms with Gasteiger partial charge in [-0.05, 0) is 5.92 Å². The molecule has 1 amide bonds. The van der Waals surface area contributed by atoms with E-state index in [2.05, 4.69) is 20.6 Å². The Morgan fingerprint density at radius 2 is 2.11 bits per heavy atom. The summed E-state index contributed by atoms with van der Waals surface area (Å²) >= 11 is 0. The summed E-state index contributed by atoms with van der Waals surface area (Å²) in [5.41, 5.74) is -0.130. The number of amides is 1. The Bertz CT molecular complexity index is 448. The van der Waals surface area contributed by atoms with Gasteiger partial charge in [-0.1, -0.05) is 13.8 Å². The molecule has 0 aliphatic carbocycles. The zero-order chi connectivity index (χ0) is 14.3. The lowest BCUT2D eigenvalue weighted by atomic mass is 10.2. The van der Waals surface area contributed by atoms with E-state index in [1.54, 1.807) is 0 Å². The van der Waals surface area contributed by atoms with Crippen LogP contribution in [0.3, 0.4) is 0 Å². The molecule has 1 aromatic heterocycles. The Balaban J connectivity index is 2.35. The van der Waals surface area contributed by atoms with Gasteiger partial charge in [-0.3, -0.25) is 9.78 Å². The number of nitrogens with zero attached hydrogens (tertiary/aromatic N) is 2. The van der Waals surface area contributed by atoms with Crippen LogP contribution in [0, 0.1) is 5.92 Å². The molecule has 19 heavy (non-hydrogen) atoms. The van der Waals surface area contributed by atoms with E-state index >= 15 is 0 Å². The van der Waals surface area contributed by atoms with Crippen LogP contribution in [0.1, 0.15) is 30.8 Å². The highest BCUT2D eigenvalue weighted by Gasteiger charge is 2.06. The second-order valence-corrected chi connectivity index (χ2v) is 4.47. The molecule has 0 unspecified atom stereocenters. The first-order valence-electron chi connectivity index (χ1n) is 6.05. The summed E-state index contributed by atoms with van der Waals surface area (Å²) in [6.07, 6.45) is 2.88. The van der Waals surface area contributed by atoms with E-state index in [4.69, 9.17) is 5.11 Å². The summed E-state index contributed by atoms with van der Waals surface area (Å²) in [5, 5.41) is 14.4. The van der Waals surface area contributed by atoms with Crippen molar-refractivity contribution in [2.45, 2.75) is 20.3 Å². The molecule has 3 N–H and O–H groups in total. The molecular weight excluding hydrogens is 248 g/mol. The van der Waals surface area contributed by atoms with Crippen LogP contribution in [-0.4, -0.2) is 40.0 Å². The van der Waals surface area contributed by atoms with Crippen molar-refractivity contribution in [2.24, 2.45) is 5.92 Å². The van der Waals surface area contributed by atoms with Crippen molar-refractivity contribution in [3.63, 3.8) is 0 Å². The molecule has 1 heterocycles. The molecule has 0 aliphatic rings. The fourth-order valence-corrected chi connectivity index (χ4v) is 1.26. The van der Waals surface area contributed by atoms with Crippen molar-refractivity contribution >= 4 is 17.7 Å². The zero-order valence-electron chi connectivity index (χ0n) is 11.0. The topological polar surface area (TPSA) is 104 Å². The van der Waals surface area contributed by atoms with Gasteiger partial charge in [-0.25, -0.2) is 9.78 Å². The molecule has 0 saturated carbocycles. The number of rotatable bonds is 7. The second kappa shape index (κ2) is 7.30. The van der Waals surface area contributed by atoms with Crippen molar-refractivity contribution in [3.8, 4) is 0 Å². The van der Waals surface area contributed by atoms with Crippen LogP contribution in [0.5, 0.6) is 0 Å². The number of hydrogen-bond acceptors (Lipinski definition) is 5. The van der Waals surface area contributed by atoms with Crippen LogP contribution in [0.25, 0.3) is 0 Å². The minimum Gasteiger partial charge on any atom is -0.476 e. The van der Waals surface area contributed by atoms with Gasteiger partial charge in [0.1, 0.15) is 5.82 Å². The van der Waals surface area contributed by atoms with Gasteiger partial charge in [-0.2, -0.15) is 0 Å². The number of anilines is 1. The van der Waals surface area contributed by atoms with Crippen LogP contribution in [-0.2, 0) is 4.79 Å². The van der Waals surface area contributed by atoms with Crippen molar-refractivity contribution < 1.29 is 14.7 Å². The minimum absolute atomic E-state index is 0.0523. The van der Waals surface area contributed by atoms with Gasteiger partial charge in [0.15, 0.2) is 5.69 Å². The van der Waals surface area contributed by atoms with Gasteiger partial charge >= 0.3 is 5.97 Å². The molecule has 0 atom stereocenters. The Kier molecular flexibility index (Phi) is 5.72. The number of nitrogens with one attached hydrogen (secondary N) is 2. The average Bonchev–Trinajstić information content (AvgIpc) is 2.36. The van der Waals surface area contributed by atoms with Gasteiger partial charge < -0.3 is 15.7 Å². The van der Waals surface area contributed by atoms with E-state index in [0.29, 0.717) is 31.2 Å². The Hall–Kier alpha value is -2.18. The maximum atomic E-state index is 11.4. The molecule has 0 saturated heterocycles. The third-order valence-corrected chi connectivity index (χ3v) is 2.22. The number of carboxylic acids is 1. The summed E-state index contributed by atoms with van der Waals surface area (Å²) in [6, 6.07) is 0. The predicted molar refractivity (Wildman–Crippen MR) is 69.9 cm³/mol. The lowest BCUT2D eigenvalue weighted by Gasteiger charge is -2.08. The van der Waals surface area contributed by atoms with Crippen molar-refractivity contribution in [3.05, 3.63) is 18.1 Å². The molecule has 7 nitrogen and oxygen atoms in total. The molecule has 1 aromatic rings. The van der Waals surface area contributed by atoms with Gasteiger partial charge in [0, 0.05) is 19.5 Å². The lowest BCUT2D eigenvalue weighted by molar-refractivity contribution is -0.120. The van der Waals surface area contributed by atoms with E-state index < -0.39 is 5.97 Å².